The van der Waals surface area contributed by atoms with E-state index in [1.54, 1.807) is 0 Å². The van der Waals surface area contributed by atoms with Gasteiger partial charge in [-0.3, -0.25) is 0 Å². The van der Waals surface area contributed by atoms with Gasteiger partial charge in [-0.2, -0.15) is 0 Å². The van der Waals surface area contributed by atoms with Gasteiger partial charge in [-0.1, -0.05) is 0 Å². The normalized spacial score (nSPS) is 10.1. The molecular weight excluding hydrogens is 331 g/mol. The van der Waals surface area contributed by atoms with Crippen molar-refractivity contribution in [3.05, 3.63) is 46.8 Å². The molecule has 0 bridgehead atoms. The van der Waals surface area contributed by atoms with Crippen molar-refractivity contribution in [3.8, 4) is 0 Å². The van der Waals surface area contributed by atoms with Crippen molar-refractivity contribution in [3.63, 3.8) is 0 Å². The molecule has 0 heterocycles. The van der Waals surface area contributed by atoms with Gasteiger partial charge in [0, 0.05) is 0 Å². The van der Waals surface area contributed by atoms with E-state index in [4.69, 9.17) is 0 Å². The van der Waals surface area contributed by atoms with E-state index in [-0.39, 0.29) is 0 Å². The third kappa shape index (κ3) is 2.99. The minimum absolute atomic E-state index is 1.09. The Morgan fingerprint density at radius 3 is 1.40 bits per heavy atom. The average Bonchev–Trinajstić information content (AvgIpc) is 2.38. The summed E-state index contributed by atoms with van der Waals surface area (Å²) in [6, 6.07) is 1.09. The van der Waals surface area contributed by atoms with Gasteiger partial charge in [0.1, 0.15) is 5.82 Å². The van der Waals surface area contributed by atoms with E-state index in [1.165, 1.54) is 0 Å². The van der Waals surface area contributed by atoms with Crippen molar-refractivity contribution in [2.75, 3.05) is 0 Å². The summed E-state index contributed by atoms with van der Waals surface area (Å²) in [6.07, 6.45) is 0. The Bertz CT molecular complexity index is 655. The molecule has 2 aromatic rings. The predicted molar refractivity (Wildman–Crippen MR) is 50.5 cm³/mol. The molecule has 105 valence electrons. The summed E-state index contributed by atoms with van der Waals surface area (Å²) < 4.78 is 110. The summed E-state index contributed by atoms with van der Waals surface area (Å²) in [5, 5.41) is -3.16. The molecule has 0 aliphatic carbocycles. The van der Waals surface area contributed by atoms with Gasteiger partial charge in [-0.15, -0.1) is 0 Å². The van der Waals surface area contributed by atoms with Gasteiger partial charge in [-0.05, 0) is 0 Å². The van der Waals surface area contributed by atoms with Crippen LogP contribution in [-0.4, -0.2) is 35.4 Å². The van der Waals surface area contributed by atoms with Gasteiger partial charge in [-0.25, -0.2) is 30.7 Å². The first-order valence-electron chi connectivity index (χ1n) is 4.61. The van der Waals surface area contributed by atoms with Crippen LogP contribution in [0, 0.1) is 46.8 Å². The van der Waals surface area contributed by atoms with Gasteiger partial charge in [0.2, 0.25) is 0 Å². The Kier molecular flexibility index (Phi) is 5.96. The molecule has 10 heteroatoms. The van der Waals surface area contributed by atoms with Gasteiger partial charge < -0.3 is 0 Å². The maximum absolute atomic E-state index is 13.1. The topological polar surface area (TPSA) is 0 Å². The molecular formula is C10CaF9. The molecule has 0 N–H and O–H groups in total. The molecule has 0 aliphatic rings. The molecule has 2 rings (SSSR count). The molecule has 0 atom stereocenters. The second-order valence-corrected chi connectivity index (χ2v) is 3.49. The van der Waals surface area contributed by atoms with Crippen molar-refractivity contribution < 1.29 is 33.5 Å². The van der Waals surface area contributed by atoms with Gasteiger partial charge in [0.05, 0.1) is 16.8 Å². The SMILES string of the molecule is Fc1[c]c(F)c2c(F)c(F)c(F)c(F)c2c1F.[F][Ca][F]. The summed E-state index contributed by atoms with van der Waals surface area (Å²) >= 11 is -2.88. The molecule has 2 aromatic carbocycles. The van der Waals surface area contributed by atoms with E-state index >= 15 is 0 Å². The molecule has 20 heavy (non-hydrogen) atoms. The van der Waals surface area contributed by atoms with Crippen LogP contribution in [-0.2, 0) is 0 Å². The molecule has 0 saturated heterocycles. The van der Waals surface area contributed by atoms with E-state index in [9.17, 15) is 33.5 Å². The summed E-state index contributed by atoms with van der Waals surface area (Å²) in [4.78, 5) is 0. The molecule has 0 fully saturated rings. The summed E-state index contributed by atoms with van der Waals surface area (Å²) in [6.45, 7) is 0. The van der Waals surface area contributed by atoms with E-state index in [0.29, 0.717) is 0 Å². The van der Waals surface area contributed by atoms with Gasteiger partial charge in [0.25, 0.3) is 0 Å². The van der Waals surface area contributed by atoms with Crippen LogP contribution in [0.5, 0.6) is 0 Å². The average molecular weight is 331 g/mol. The van der Waals surface area contributed by atoms with Crippen molar-refractivity contribution in [2.24, 2.45) is 0 Å². The quantitative estimate of drug-likeness (QED) is 0.295. The number of halogens is 9. The van der Waals surface area contributed by atoms with Crippen LogP contribution in [0.4, 0.5) is 33.5 Å². The summed E-state index contributed by atoms with van der Waals surface area (Å²) in [5.74, 6) is -14.9. The van der Waals surface area contributed by atoms with Crippen LogP contribution in [0.1, 0.15) is 0 Å². The Labute approximate surface area is 126 Å². The number of hydrogen-bond acceptors (Lipinski definition) is 0. The number of rotatable bonds is 0. The van der Waals surface area contributed by atoms with Crippen molar-refractivity contribution >= 4 is 46.2 Å². The fraction of sp³-hybridized carbons (Fsp3) is 0. The number of fused-ring (bicyclic) bond motifs is 1. The van der Waals surface area contributed by atoms with E-state index in [0.717, 1.165) is 6.07 Å². The first-order valence-corrected chi connectivity index (χ1v) is 6.28. The fourth-order valence-corrected chi connectivity index (χ4v) is 1.37. The fourth-order valence-electron chi connectivity index (χ4n) is 1.37. The van der Waals surface area contributed by atoms with E-state index in [2.05, 4.69) is 0 Å². The second kappa shape index (κ2) is 6.86. The monoisotopic (exact) mass is 331 g/mol. The molecule has 0 aromatic heterocycles. The first kappa shape index (κ1) is 17.4. The van der Waals surface area contributed by atoms with Crippen molar-refractivity contribution in [1.29, 1.82) is 0 Å². The minimum atomic E-state index is -2.88. The molecule has 0 nitrogen and oxygen atoms in total. The maximum atomic E-state index is 13.1. The van der Waals surface area contributed by atoms with Crippen LogP contribution in [0.15, 0.2) is 0 Å². The van der Waals surface area contributed by atoms with Gasteiger partial charge in [0.15, 0.2) is 34.9 Å². The van der Waals surface area contributed by atoms with E-state index in [1.807, 2.05) is 0 Å². The molecule has 0 aliphatic heterocycles. The summed E-state index contributed by atoms with van der Waals surface area (Å²) in [7, 11) is 0. The Morgan fingerprint density at radius 1 is 0.550 bits per heavy atom. The molecule has 0 saturated carbocycles. The van der Waals surface area contributed by atoms with Crippen LogP contribution < -0.4 is 0 Å². The third-order valence-corrected chi connectivity index (χ3v) is 2.12. The molecule has 1 radical (unpaired) electrons. The molecule has 0 spiro atoms. The van der Waals surface area contributed by atoms with Crippen LogP contribution in [0.2, 0.25) is 0 Å². The first-order chi connectivity index (χ1) is 9.27. The Balaban J connectivity index is 0.000000612. The van der Waals surface area contributed by atoms with Crippen molar-refractivity contribution in [2.45, 2.75) is 0 Å². The number of benzene rings is 2. The standard InChI is InChI=1S/C10F7.Ca.2FH/c11-2-1-3(12)6(13)5-4(2)7(14)9(16)10(17)8(5)15;;;/h;;2*1H/q;+2;;/p-2. The summed E-state index contributed by atoms with van der Waals surface area (Å²) in [5.41, 5.74) is 0. The number of hydrogen-bond donors (Lipinski definition) is 0. The van der Waals surface area contributed by atoms with Crippen LogP contribution in [0.25, 0.3) is 10.8 Å². The zero-order valence-electron chi connectivity index (χ0n) is 9.11. The second-order valence-electron chi connectivity index (χ2n) is 3.17. The van der Waals surface area contributed by atoms with Crippen molar-refractivity contribution in [1.82, 2.24) is 0 Å². The van der Waals surface area contributed by atoms with Gasteiger partial charge >= 0.3 is 38.1 Å². The molecule has 0 amide bonds. The van der Waals surface area contributed by atoms with E-state index < -0.39 is 86.9 Å². The van der Waals surface area contributed by atoms with Crippen LogP contribution >= 0.6 is 0 Å². The predicted octanol–water partition coefficient (Wildman–Crippen LogP) is 4.07. The van der Waals surface area contributed by atoms with Crippen LogP contribution in [0.3, 0.4) is 0 Å². The molecule has 0 unspecified atom stereocenters. The Morgan fingerprint density at radius 2 is 0.950 bits per heavy atom. The zero-order valence-corrected chi connectivity index (χ0v) is 11.3. The third-order valence-electron chi connectivity index (χ3n) is 2.12. The zero-order chi connectivity index (χ0) is 15.6. The Hall–Kier alpha value is -0.670.